The van der Waals surface area contributed by atoms with Crippen LogP contribution in [-0.2, 0) is 22.8 Å². The summed E-state index contributed by atoms with van der Waals surface area (Å²) in [4.78, 5) is 4.09. The van der Waals surface area contributed by atoms with E-state index in [1.54, 1.807) is 26.2 Å². The molecular weight excluding hydrogens is 356 g/mol. The maximum absolute atomic E-state index is 12.3. The summed E-state index contributed by atoms with van der Waals surface area (Å²) in [5, 5.41) is 0.812. The summed E-state index contributed by atoms with van der Waals surface area (Å²) in [6.45, 7) is 8.80. The van der Waals surface area contributed by atoms with Crippen LogP contribution in [0.3, 0.4) is 0 Å². The second-order valence-corrected chi connectivity index (χ2v) is 10.5. The Bertz CT molecular complexity index is 1020. The van der Waals surface area contributed by atoms with E-state index in [1.165, 1.54) is 0 Å². The molecule has 0 saturated heterocycles. The molecule has 0 amide bonds. The molecule has 4 nitrogen and oxygen atoms in total. The van der Waals surface area contributed by atoms with E-state index in [0.29, 0.717) is 12.3 Å². The number of hydrogen-bond donors (Lipinski definition) is 0. The van der Waals surface area contributed by atoms with Gasteiger partial charge in [-0.25, -0.2) is 8.42 Å². The van der Waals surface area contributed by atoms with E-state index >= 15 is 0 Å². The molecule has 0 bridgehead atoms. The van der Waals surface area contributed by atoms with Gasteiger partial charge in [-0.2, -0.15) is 0 Å². The molecule has 2 aromatic heterocycles. The van der Waals surface area contributed by atoms with Crippen molar-refractivity contribution in [3.05, 3.63) is 54.5 Å². The van der Waals surface area contributed by atoms with Crippen LogP contribution in [0.25, 0.3) is 22.0 Å². The molecule has 1 aromatic carbocycles. The molecule has 0 fully saturated rings. The number of benzene rings is 1. The Balaban J connectivity index is 2.02. The third-order valence-corrected chi connectivity index (χ3v) is 7.12. The number of aromatic nitrogens is 2. The largest absolute Gasteiger partial charge is 0.347 e. The van der Waals surface area contributed by atoms with Crippen LogP contribution < -0.4 is 0 Å². The van der Waals surface area contributed by atoms with Crippen LogP contribution in [0.2, 0.25) is 0 Å². The van der Waals surface area contributed by atoms with Gasteiger partial charge in [-0.3, -0.25) is 4.98 Å². The molecule has 0 radical (unpaired) electrons. The van der Waals surface area contributed by atoms with E-state index in [9.17, 15) is 8.42 Å². The normalized spacial score (nSPS) is 12.4. The summed E-state index contributed by atoms with van der Waals surface area (Å²) in [6, 6.07) is 10.4. The smallest absolute Gasteiger partial charge is 0.152 e. The van der Waals surface area contributed by atoms with Crippen molar-refractivity contribution in [2.45, 2.75) is 45.9 Å². The van der Waals surface area contributed by atoms with Crippen molar-refractivity contribution < 1.29 is 8.42 Å². The van der Waals surface area contributed by atoms with E-state index in [1.807, 2.05) is 12.1 Å². The van der Waals surface area contributed by atoms with Gasteiger partial charge in [0.05, 0.1) is 11.0 Å². The van der Waals surface area contributed by atoms with Crippen molar-refractivity contribution in [3.8, 4) is 11.1 Å². The van der Waals surface area contributed by atoms with E-state index < -0.39 is 9.84 Å². The van der Waals surface area contributed by atoms with Gasteiger partial charge in [0, 0.05) is 36.0 Å². The summed E-state index contributed by atoms with van der Waals surface area (Å²) < 4.78 is 26.8. The molecule has 0 unspecified atom stereocenters. The molecule has 27 heavy (non-hydrogen) atoms. The lowest BCUT2D eigenvalue weighted by Crippen LogP contribution is -2.19. The standard InChI is InChI=1S/C22H28N2O2S/c1-16(2)14-24-15-20(9-12-27(25,26)17(3)4)21-6-5-19(13-22(21)24)18-7-10-23-11-8-18/h5-8,10-11,13,15-17H,9,12,14H2,1-4H3. The van der Waals surface area contributed by atoms with E-state index in [0.717, 1.165) is 34.1 Å². The highest BCUT2D eigenvalue weighted by atomic mass is 32.2. The average Bonchev–Trinajstić information content (AvgIpc) is 2.97. The monoisotopic (exact) mass is 384 g/mol. The summed E-state index contributed by atoms with van der Waals surface area (Å²) in [7, 11) is -3.05. The van der Waals surface area contributed by atoms with Crippen LogP contribution in [0, 0.1) is 5.92 Å². The molecule has 144 valence electrons. The lowest BCUT2D eigenvalue weighted by molar-refractivity contribution is 0.534. The number of pyridine rings is 1. The number of nitrogens with zero attached hydrogens (tertiary/aromatic N) is 2. The SMILES string of the molecule is CC(C)Cn1cc(CCS(=O)(=O)C(C)C)c2ccc(-c3ccncc3)cc21. The predicted octanol–water partition coefficient (Wildman–Crippen LogP) is 4.73. The summed E-state index contributed by atoms with van der Waals surface area (Å²) in [5.41, 5.74) is 4.55. The zero-order valence-corrected chi connectivity index (χ0v) is 17.3. The van der Waals surface area contributed by atoms with Crippen LogP contribution in [0.5, 0.6) is 0 Å². The topological polar surface area (TPSA) is 52.0 Å². The first kappa shape index (κ1) is 19.6. The average molecular weight is 385 g/mol. The van der Waals surface area contributed by atoms with Gasteiger partial charge < -0.3 is 4.57 Å². The van der Waals surface area contributed by atoms with Crippen LogP contribution in [0.1, 0.15) is 33.3 Å². The van der Waals surface area contributed by atoms with Gasteiger partial charge in [-0.1, -0.05) is 26.0 Å². The molecule has 3 rings (SSSR count). The fourth-order valence-electron chi connectivity index (χ4n) is 3.32. The highest BCUT2D eigenvalue weighted by molar-refractivity contribution is 7.91. The van der Waals surface area contributed by atoms with Crippen molar-refractivity contribution in [1.29, 1.82) is 0 Å². The molecule has 0 aliphatic rings. The molecule has 0 aliphatic carbocycles. The van der Waals surface area contributed by atoms with Crippen molar-refractivity contribution in [2.24, 2.45) is 5.92 Å². The Labute approximate surface area is 162 Å². The second kappa shape index (κ2) is 7.85. The van der Waals surface area contributed by atoms with Crippen molar-refractivity contribution in [1.82, 2.24) is 9.55 Å². The first-order valence-corrected chi connectivity index (χ1v) is 11.2. The van der Waals surface area contributed by atoms with Crippen LogP contribution in [0.15, 0.2) is 48.9 Å². The van der Waals surface area contributed by atoms with Gasteiger partial charge >= 0.3 is 0 Å². The second-order valence-electron chi connectivity index (χ2n) is 7.83. The first-order chi connectivity index (χ1) is 12.8. The Morgan fingerprint density at radius 2 is 1.70 bits per heavy atom. The van der Waals surface area contributed by atoms with Crippen LogP contribution >= 0.6 is 0 Å². The minimum Gasteiger partial charge on any atom is -0.347 e. The number of aryl methyl sites for hydroxylation is 1. The highest BCUT2D eigenvalue weighted by Gasteiger charge is 2.18. The number of hydrogen-bond acceptors (Lipinski definition) is 3. The van der Waals surface area contributed by atoms with Gasteiger partial charge in [0.2, 0.25) is 0 Å². The summed E-state index contributed by atoms with van der Waals surface area (Å²) in [6.07, 6.45) is 6.29. The Morgan fingerprint density at radius 1 is 1.00 bits per heavy atom. The van der Waals surface area contributed by atoms with Gasteiger partial charge in [-0.05, 0) is 61.1 Å². The lowest BCUT2D eigenvalue weighted by atomic mass is 10.0. The number of fused-ring (bicyclic) bond motifs is 1. The summed E-state index contributed by atoms with van der Waals surface area (Å²) >= 11 is 0. The zero-order valence-electron chi connectivity index (χ0n) is 16.5. The van der Waals surface area contributed by atoms with Crippen molar-refractivity contribution >= 4 is 20.7 Å². The van der Waals surface area contributed by atoms with E-state index in [2.05, 4.69) is 47.8 Å². The minimum absolute atomic E-state index is 0.192. The molecular formula is C22H28N2O2S. The van der Waals surface area contributed by atoms with Gasteiger partial charge in [0.25, 0.3) is 0 Å². The van der Waals surface area contributed by atoms with Crippen molar-refractivity contribution in [2.75, 3.05) is 5.75 Å². The molecule has 3 aromatic rings. The maximum Gasteiger partial charge on any atom is 0.152 e. The number of sulfone groups is 1. The van der Waals surface area contributed by atoms with Crippen LogP contribution in [0.4, 0.5) is 0 Å². The molecule has 0 spiro atoms. The third-order valence-electron chi connectivity index (χ3n) is 4.91. The molecule has 2 heterocycles. The summed E-state index contributed by atoms with van der Waals surface area (Å²) in [5.74, 6) is 0.704. The molecule has 0 atom stereocenters. The third kappa shape index (κ3) is 4.41. The van der Waals surface area contributed by atoms with Gasteiger partial charge in [0.1, 0.15) is 0 Å². The predicted molar refractivity (Wildman–Crippen MR) is 113 cm³/mol. The first-order valence-electron chi connectivity index (χ1n) is 9.51. The lowest BCUT2D eigenvalue weighted by Gasteiger charge is -2.09. The molecule has 0 aliphatic heterocycles. The fourth-order valence-corrected chi connectivity index (χ4v) is 4.30. The quantitative estimate of drug-likeness (QED) is 0.592. The minimum atomic E-state index is -3.05. The van der Waals surface area contributed by atoms with E-state index in [4.69, 9.17) is 0 Å². The Kier molecular flexibility index (Phi) is 5.70. The fraction of sp³-hybridized carbons (Fsp3) is 0.409. The van der Waals surface area contributed by atoms with E-state index in [-0.39, 0.29) is 11.0 Å². The highest BCUT2D eigenvalue weighted by Crippen LogP contribution is 2.29. The van der Waals surface area contributed by atoms with Crippen LogP contribution in [-0.4, -0.2) is 29.0 Å². The zero-order chi connectivity index (χ0) is 19.6. The Morgan fingerprint density at radius 3 is 2.33 bits per heavy atom. The molecule has 5 heteroatoms. The number of rotatable bonds is 7. The molecule has 0 N–H and O–H groups in total. The Hall–Kier alpha value is -2.14. The maximum atomic E-state index is 12.3. The van der Waals surface area contributed by atoms with Crippen molar-refractivity contribution in [3.63, 3.8) is 0 Å². The van der Waals surface area contributed by atoms with Gasteiger partial charge in [0.15, 0.2) is 9.84 Å². The molecule has 0 saturated carbocycles. The van der Waals surface area contributed by atoms with Gasteiger partial charge in [-0.15, -0.1) is 0 Å².